The highest BCUT2D eigenvalue weighted by Crippen LogP contribution is 2.28. The predicted molar refractivity (Wildman–Crippen MR) is 71.4 cm³/mol. The summed E-state index contributed by atoms with van der Waals surface area (Å²) >= 11 is 3.31. The molecule has 0 aliphatic heterocycles. The molecular formula is C12H15BrN2O3. The summed E-state index contributed by atoms with van der Waals surface area (Å²) in [5.74, 6) is -0.150. The summed E-state index contributed by atoms with van der Waals surface area (Å²) in [5.41, 5.74) is 0.0122. The lowest BCUT2D eigenvalue weighted by molar-refractivity contribution is -0.114. The Morgan fingerprint density at radius 2 is 2.33 bits per heavy atom. The minimum Gasteiger partial charge on any atom is -0.393 e. The summed E-state index contributed by atoms with van der Waals surface area (Å²) in [7, 11) is 0. The fraction of sp³-hybridized carbons (Fsp3) is 0.500. The normalized spacial score (nSPS) is 22.4. The number of carbonyl (C=O) groups is 1. The largest absolute Gasteiger partial charge is 0.393 e. The van der Waals surface area contributed by atoms with Gasteiger partial charge in [-0.05, 0) is 34.8 Å². The third-order valence-corrected chi connectivity index (χ3v) is 3.61. The number of carbonyl (C=O) groups excluding carboxylic acids is 1. The Kier molecular flexibility index (Phi) is 3.87. The van der Waals surface area contributed by atoms with Crippen molar-refractivity contribution in [2.24, 2.45) is 5.92 Å². The maximum atomic E-state index is 12.1. The number of nitrogens with one attached hydrogen (secondary N) is 1. The number of rotatable bonds is 3. The van der Waals surface area contributed by atoms with Crippen molar-refractivity contribution in [3.8, 4) is 0 Å². The van der Waals surface area contributed by atoms with Crippen LogP contribution in [0, 0.1) is 5.92 Å². The van der Waals surface area contributed by atoms with E-state index in [9.17, 15) is 14.7 Å². The van der Waals surface area contributed by atoms with E-state index >= 15 is 0 Å². The summed E-state index contributed by atoms with van der Waals surface area (Å²) in [4.78, 5) is 23.1. The van der Waals surface area contributed by atoms with Crippen LogP contribution in [0.3, 0.4) is 0 Å². The zero-order valence-electron chi connectivity index (χ0n) is 10.0. The van der Waals surface area contributed by atoms with Gasteiger partial charge in [0.25, 0.3) is 5.56 Å². The van der Waals surface area contributed by atoms with E-state index in [1.165, 1.54) is 11.5 Å². The van der Waals surface area contributed by atoms with Crippen molar-refractivity contribution >= 4 is 27.5 Å². The fourth-order valence-corrected chi connectivity index (χ4v) is 2.51. The summed E-state index contributed by atoms with van der Waals surface area (Å²) in [5, 5.41) is 12.1. The quantitative estimate of drug-likeness (QED) is 0.884. The molecule has 2 atom stereocenters. The van der Waals surface area contributed by atoms with Gasteiger partial charge in [-0.15, -0.1) is 0 Å². The molecule has 1 fully saturated rings. The molecule has 98 valence electrons. The fourth-order valence-electron chi connectivity index (χ4n) is 2.03. The molecule has 1 heterocycles. The van der Waals surface area contributed by atoms with Crippen LogP contribution in [0.2, 0.25) is 0 Å². The SMILES string of the molecule is CC(=O)Nc1cc(Br)cn(CC2CC[C@@H]2O)c1=O. The average molecular weight is 315 g/mol. The minimum absolute atomic E-state index is 0.127. The number of hydrogen-bond acceptors (Lipinski definition) is 3. The molecule has 1 unspecified atom stereocenters. The third-order valence-electron chi connectivity index (χ3n) is 3.17. The lowest BCUT2D eigenvalue weighted by Crippen LogP contribution is -2.37. The van der Waals surface area contributed by atoms with Crippen LogP contribution in [0.5, 0.6) is 0 Å². The van der Waals surface area contributed by atoms with E-state index in [-0.39, 0.29) is 29.2 Å². The van der Waals surface area contributed by atoms with Crippen LogP contribution < -0.4 is 10.9 Å². The third kappa shape index (κ3) is 2.81. The molecule has 2 N–H and O–H groups in total. The van der Waals surface area contributed by atoms with Crippen LogP contribution in [0.1, 0.15) is 19.8 Å². The van der Waals surface area contributed by atoms with Crippen LogP contribution in [0.4, 0.5) is 5.69 Å². The molecule has 0 radical (unpaired) electrons. The molecule has 0 bridgehead atoms. The first-order valence-corrected chi connectivity index (χ1v) is 6.62. The van der Waals surface area contributed by atoms with Gasteiger partial charge in [0.2, 0.25) is 5.91 Å². The van der Waals surface area contributed by atoms with Crippen LogP contribution in [0.15, 0.2) is 21.5 Å². The Morgan fingerprint density at radius 1 is 1.61 bits per heavy atom. The van der Waals surface area contributed by atoms with Crippen LogP contribution >= 0.6 is 15.9 Å². The number of aliphatic hydroxyl groups excluding tert-OH is 1. The zero-order chi connectivity index (χ0) is 13.3. The van der Waals surface area contributed by atoms with E-state index in [4.69, 9.17) is 0 Å². The van der Waals surface area contributed by atoms with Gasteiger partial charge in [0.15, 0.2) is 0 Å². The monoisotopic (exact) mass is 314 g/mol. The van der Waals surface area contributed by atoms with Gasteiger partial charge in [0, 0.05) is 30.1 Å². The van der Waals surface area contributed by atoms with Crippen molar-refractivity contribution in [3.63, 3.8) is 0 Å². The molecule has 5 nitrogen and oxygen atoms in total. The molecule has 1 aliphatic carbocycles. The van der Waals surface area contributed by atoms with E-state index in [2.05, 4.69) is 21.2 Å². The molecular weight excluding hydrogens is 300 g/mol. The second-order valence-electron chi connectivity index (χ2n) is 4.62. The van der Waals surface area contributed by atoms with Gasteiger partial charge >= 0.3 is 0 Å². The number of pyridine rings is 1. The molecule has 1 aromatic rings. The van der Waals surface area contributed by atoms with Crippen LogP contribution in [0.25, 0.3) is 0 Å². The molecule has 1 saturated carbocycles. The minimum atomic E-state index is -0.319. The topological polar surface area (TPSA) is 71.3 Å². The van der Waals surface area contributed by atoms with Crippen molar-refractivity contribution in [1.29, 1.82) is 0 Å². The van der Waals surface area contributed by atoms with Crippen molar-refractivity contribution in [1.82, 2.24) is 4.57 Å². The summed E-state index contributed by atoms with van der Waals surface area (Å²) in [6.07, 6.45) is 3.08. The predicted octanol–water partition coefficient (Wildman–Crippen LogP) is 1.34. The molecule has 18 heavy (non-hydrogen) atoms. The maximum Gasteiger partial charge on any atom is 0.274 e. The van der Waals surface area contributed by atoms with Crippen LogP contribution in [-0.4, -0.2) is 21.7 Å². The van der Waals surface area contributed by atoms with E-state index in [0.29, 0.717) is 6.54 Å². The number of nitrogens with zero attached hydrogens (tertiary/aromatic N) is 1. The Hall–Kier alpha value is -1.14. The van der Waals surface area contributed by atoms with E-state index in [1.807, 2.05) is 0 Å². The lowest BCUT2D eigenvalue weighted by Gasteiger charge is -2.32. The summed E-state index contributed by atoms with van der Waals surface area (Å²) in [6, 6.07) is 1.58. The van der Waals surface area contributed by atoms with Gasteiger partial charge < -0.3 is 15.0 Å². The summed E-state index contributed by atoms with van der Waals surface area (Å²) < 4.78 is 2.25. The first-order valence-electron chi connectivity index (χ1n) is 5.83. The highest BCUT2D eigenvalue weighted by Gasteiger charge is 2.29. The van der Waals surface area contributed by atoms with E-state index < -0.39 is 0 Å². The molecule has 6 heteroatoms. The Morgan fingerprint density at radius 3 is 2.83 bits per heavy atom. The smallest absolute Gasteiger partial charge is 0.274 e. The molecule has 1 aliphatic rings. The van der Waals surface area contributed by atoms with Crippen molar-refractivity contribution in [2.75, 3.05) is 5.32 Å². The highest BCUT2D eigenvalue weighted by atomic mass is 79.9. The van der Waals surface area contributed by atoms with Crippen molar-refractivity contribution in [3.05, 3.63) is 27.1 Å². The molecule has 2 rings (SSSR count). The number of halogens is 1. The van der Waals surface area contributed by atoms with Crippen LogP contribution in [-0.2, 0) is 11.3 Å². The second kappa shape index (κ2) is 5.24. The number of anilines is 1. The molecule has 1 aromatic heterocycles. The standard InChI is InChI=1S/C12H15BrN2O3/c1-7(16)14-10-4-9(13)6-15(12(10)18)5-8-2-3-11(8)17/h4,6,8,11,17H,2-3,5H2,1H3,(H,14,16)/t8?,11-/m0/s1. The van der Waals surface area contributed by atoms with Gasteiger partial charge in [-0.2, -0.15) is 0 Å². The first kappa shape index (κ1) is 13.3. The van der Waals surface area contributed by atoms with E-state index in [0.717, 1.165) is 17.3 Å². The Bertz CT molecular complexity index is 527. The Balaban J connectivity index is 2.26. The van der Waals surface area contributed by atoms with Crippen molar-refractivity contribution < 1.29 is 9.90 Å². The second-order valence-corrected chi connectivity index (χ2v) is 5.53. The van der Waals surface area contributed by atoms with Gasteiger partial charge in [-0.1, -0.05) is 0 Å². The number of aliphatic hydroxyl groups is 1. The van der Waals surface area contributed by atoms with Crippen molar-refractivity contribution in [2.45, 2.75) is 32.4 Å². The molecule has 0 aromatic carbocycles. The van der Waals surface area contributed by atoms with E-state index in [1.54, 1.807) is 12.3 Å². The van der Waals surface area contributed by atoms with Gasteiger partial charge in [0.05, 0.1) is 6.10 Å². The zero-order valence-corrected chi connectivity index (χ0v) is 11.6. The number of aromatic nitrogens is 1. The van der Waals surface area contributed by atoms with Gasteiger partial charge in [-0.3, -0.25) is 9.59 Å². The number of amides is 1. The molecule has 1 amide bonds. The molecule has 0 spiro atoms. The van der Waals surface area contributed by atoms with Gasteiger partial charge in [-0.25, -0.2) is 0 Å². The first-order chi connectivity index (χ1) is 8.47. The average Bonchev–Trinajstić information content (AvgIpc) is 2.28. The highest BCUT2D eigenvalue weighted by molar-refractivity contribution is 9.10. The lowest BCUT2D eigenvalue weighted by atomic mass is 9.82. The molecule has 0 saturated heterocycles. The Labute approximate surface area is 113 Å². The van der Waals surface area contributed by atoms with Gasteiger partial charge in [0.1, 0.15) is 5.69 Å². The number of hydrogen-bond donors (Lipinski definition) is 2. The maximum absolute atomic E-state index is 12.1. The summed E-state index contributed by atoms with van der Waals surface area (Å²) in [6.45, 7) is 1.84.